The molecule has 18 heavy (non-hydrogen) atoms. The number of ether oxygens (including phenoxy) is 1. The van der Waals surface area contributed by atoms with Gasteiger partial charge in [-0.15, -0.1) is 0 Å². The lowest BCUT2D eigenvalue weighted by Crippen LogP contribution is -2.35. The Bertz CT molecular complexity index is 341. The molecular formula is C15H25NO2. The largest absolute Gasteiger partial charge is 0.395 e. The highest BCUT2D eigenvalue weighted by Gasteiger charge is 2.13. The lowest BCUT2D eigenvalue weighted by molar-refractivity contribution is 0.128. The zero-order valence-electron chi connectivity index (χ0n) is 11.9. The molecule has 1 aromatic rings. The minimum absolute atomic E-state index is 0.00251. The van der Waals surface area contributed by atoms with Gasteiger partial charge in [0.05, 0.1) is 19.3 Å². The molecule has 0 aliphatic rings. The summed E-state index contributed by atoms with van der Waals surface area (Å²) in [5.74, 6) is 0. The van der Waals surface area contributed by atoms with Crippen molar-refractivity contribution < 1.29 is 9.84 Å². The maximum absolute atomic E-state index is 9.14. The molecule has 3 nitrogen and oxygen atoms in total. The van der Waals surface area contributed by atoms with Gasteiger partial charge in [0, 0.05) is 13.7 Å². The van der Waals surface area contributed by atoms with Crippen molar-refractivity contribution in [2.45, 2.75) is 38.8 Å². The highest BCUT2D eigenvalue weighted by atomic mass is 16.5. The summed E-state index contributed by atoms with van der Waals surface area (Å²) >= 11 is 0. The van der Waals surface area contributed by atoms with Crippen LogP contribution in [0.15, 0.2) is 24.3 Å². The maximum Gasteiger partial charge on any atom is 0.0638 e. The third-order valence-corrected chi connectivity index (χ3v) is 3.00. The van der Waals surface area contributed by atoms with E-state index in [-0.39, 0.29) is 18.1 Å². The van der Waals surface area contributed by atoms with Crippen LogP contribution in [0.1, 0.15) is 31.9 Å². The third-order valence-electron chi connectivity index (χ3n) is 3.00. The average Bonchev–Trinajstić information content (AvgIpc) is 2.34. The first kappa shape index (κ1) is 15.2. The second-order valence-electron chi connectivity index (χ2n) is 5.66. The Morgan fingerprint density at radius 1 is 1.22 bits per heavy atom. The number of methoxy groups -OCH3 is 1. The Hall–Kier alpha value is -0.900. The molecule has 3 heteroatoms. The van der Waals surface area contributed by atoms with Gasteiger partial charge in [-0.25, -0.2) is 0 Å². The molecule has 0 aliphatic carbocycles. The Balaban J connectivity index is 2.53. The van der Waals surface area contributed by atoms with E-state index in [1.165, 1.54) is 11.1 Å². The first-order chi connectivity index (χ1) is 8.47. The first-order valence-corrected chi connectivity index (χ1v) is 6.40. The highest BCUT2D eigenvalue weighted by molar-refractivity contribution is 5.27. The van der Waals surface area contributed by atoms with E-state index in [0.29, 0.717) is 6.61 Å². The summed E-state index contributed by atoms with van der Waals surface area (Å²) in [6.07, 6.45) is 0. The van der Waals surface area contributed by atoms with Crippen molar-refractivity contribution in [3.63, 3.8) is 0 Å². The van der Waals surface area contributed by atoms with Crippen LogP contribution in [0.2, 0.25) is 0 Å². The number of benzene rings is 1. The first-order valence-electron chi connectivity index (χ1n) is 6.40. The molecule has 1 unspecified atom stereocenters. The van der Waals surface area contributed by atoms with Gasteiger partial charge in [0.15, 0.2) is 0 Å². The predicted octanol–water partition coefficient (Wildman–Crippen LogP) is 2.08. The van der Waals surface area contributed by atoms with Crippen molar-refractivity contribution in [2.75, 3.05) is 20.3 Å². The predicted molar refractivity (Wildman–Crippen MR) is 74.7 cm³/mol. The lowest BCUT2D eigenvalue weighted by atomic mass is 9.87. The van der Waals surface area contributed by atoms with Crippen molar-refractivity contribution in [2.24, 2.45) is 0 Å². The van der Waals surface area contributed by atoms with Gasteiger partial charge in [0.2, 0.25) is 0 Å². The van der Waals surface area contributed by atoms with Crippen LogP contribution in [0.3, 0.4) is 0 Å². The molecule has 0 amide bonds. The topological polar surface area (TPSA) is 41.5 Å². The van der Waals surface area contributed by atoms with Crippen LogP contribution in [0, 0.1) is 0 Å². The van der Waals surface area contributed by atoms with Crippen LogP contribution >= 0.6 is 0 Å². The summed E-state index contributed by atoms with van der Waals surface area (Å²) in [6.45, 7) is 7.99. The normalized spacial score (nSPS) is 13.6. The summed E-state index contributed by atoms with van der Waals surface area (Å²) in [6, 6.07) is 8.60. The minimum atomic E-state index is -0.00251. The fraction of sp³-hybridized carbons (Fsp3) is 0.600. The monoisotopic (exact) mass is 251 g/mol. The average molecular weight is 251 g/mol. The number of aliphatic hydroxyl groups is 1. The Morgan fingerprint density at radius 2 is 1.83 bits per heavy atom. The SMILES string of the molecule is COCC(CO)NCc1ccc(C(C)(C)C)cc1. The van der Waals surface area contributed by atoms with Crippen LogP contribution in [-0.2, 0) is 16.7 Å². The smallest absolute Gasteiger partial charge is 0.0638 e. The Kier molecular flexibility index (Phi) is 5.79. The third kappa shape index (κ3) is 4.77. The number of hydrogen-bond donors (Lipinski definition) is 2. The van der Waals surface area contributed by atoms with Crippen LogP contribution in [-0.4, -0.2) is 31.5 Å². The summed E-state index contributed by atoms with van der Waals surface area (Å²) in [7, 11) is 1.64. The second kappa shape index (κ2) is 6.88. The van der Waals surface area contributed by atoms with E-state index >= 15 is 0 Å². The molecule has 0 aliphatic heterocycles. The molecule has 0 fully saturated rings. The molecule has 0 spiro atoms. The van der Waals surface area contributed by atoms with Crippen LogP contribution in [0.4, 0.5) is 0 Å². The molecule has 102 valence electrons. The minimum Gasteiger partial charge on any atom is -0.395 e. The zero-order valence-corrected chi connectivity index (χ0v) is 11.9. The van der Waals surface area contributed by atoms with Gasteiger partial charge in [0.1, 0.15) is 0 Å². The molecule has 0 saturated carbocycles. The highest BCUT2D eigenvalue weighted by Crippen LogP contribution is 2.22. The number of hydrogen-bond acceptors (Lipinski definition) is 3. The van der Waals surface area contributed by atoms with Crippen molar-refractivity contribution in [1.29, 1.82) is 0 Å². The maximum atomic E-state index is 9.14. The molecule has 2 N–H and O–H groups in total. The fourth-order valence-electron chi connectivity index (χ4n) is 1.76. The van der Waals surface area contributed by atoms with Crippen LogP contribution < -0.4 is 5.32 Å². The summed E-state index contributed by atoms with van der Waals surface area (Å²) in [5, 5.41) is 12.4. The van der Waals surface area contributed by atoms with Crippen molar-refractivity contribution >= 4 is 0 Å². The quantitative estimate of drug-likeness (QED) is 0.813. The number of nitrogens with one attached hydrogen (secondary N) is 1. The lowest BCUT2D eigenvalue weighted by Gasteiger charge is -2.20. The van der Waals surface area contributed by atoms with E-state index in [0.717, 1.165) is 6.54 Å². The number of aliphatic hydroxyl groups excluding tert-OH is 1. The van der Waals surface area contributed by atoms with Crippen LogP contribution in [0.25, 0.3) is 0 Å². The van der Waals surface area contributed by atoms with E-state index < -0.39 is 0 Å². The standard InChI is InChI=1S/C15H25NO2/c1-15(2,3)13-7-5-12(6-8-13)9-16-14(10-17)11-18-4/h5-8,14,16-17H,9-11H2,1-4H3. The van der Waals surface area contributed by atoms with Gasteiger partial charge in [-0.05, 0) is 16.5 Å². The molecule has 0 bridgehead atoms. The van der Waals surface area contributed by atoms with Crippen molar-refractivity contribution in [3.05, 3.63) is 35.4 Å². The van der Waals surface area contributed by atoms with Gasteiger partial charge >= 0.3 is 0 Å². The Labute approximate surface area is 110 Å². The second-order valence-corrected chi connectivity index (χ2v) is 5.66. The summed E-state index contributed by atoms with van der Waals surface area (Å²) in [5.41, 5.74) is 2.75. The van der Waals surface area contributed by atoms with Gasteiger partial charge in [0.25, 0.3) is 0 Å². The fourth-order valence-corrected chi connectivity index (χ4v) is 1.76. The molecule has 0 aromatic heterocycles. The summed E-state index contributed by atoms with van der Waals surface area (Å²) in [4.78, 5) is 0. The molecule has 0 heterocycles. The van der Waals surface area contributed by atoms with E-state index in [9.17, 15) is 0 Å². The Morgan fingerprint density at radius 3 is 2.28 bits per heavy atom. The van der Waals surface area contributed by atoms with Crippen LogP contribution in [0.5, 0.6) is 0 Å². The number of rotatable bonds is 6. The van der Waals surface area contributed by atoms with E-state index in [1.807, 2.05) is 0 Å². The zero-order chi connectivity index (χ0) is 13.6. The van der Waals surface area contributed by atoms with E-state index in [2.05, 4.69) is 50.4 Å². The van der Waals surface area contributed by atoms with Crippen molar-refractivity contribution in [1.82, 2.24) is 5.32 Å². The van der Waals surface area contributed by atoms with E-state index in [4.69, 9.17) is 9.84 Å². The molecule has 1 atom stereocenters. The van der Waals surface area contributed by atoms with Gasteiger partial charge < -0.3 is 15.2 Å². The van der Waals surface area contributed by atoms with Gasteiger partial charge in [-0.2, -0.15) is 0 Å². The molecule has 0 radical (unpaired) electrons. The summed E-state index contributed by atoms with van der Waals surface area (Å²) < 4.78 is 5.02. The molecule has 1 rings (SSSR count). The van der Waals surface area contributed by atoms with Crippen molar-refractivity contribution in [3.8, 4) is 0 Å². The van der Waals surface area contributed by atoms with E-state index in [1.54, 1.807) is 7.11 Å². The molecule has 0 saturated heterocycles. The van der Waals surface area contributed by atoms with Gasteiger partial charge in [-0.3, -0.25) is 0 Å². The molecule has 1 aromatic carbocycles. The molecular weight excluding hydrogens is 226 g/mol. The van der Waals surface area contributed by atoms with Gasteiger partial charge in [-0.1, -0.05) is 45.0 Å².